The zero-order chi connectivity index (χ0) is 39.5. The van der Waals surface area contributed by atoms with Crippen molar-refractivity contribution in [1.29, 1.82) is 0 Å². The highest BCUT2D eigenvalue weighted by Gasteiger charge is 2.41. The van der Waals surface area contributed by atoms with E-state index in [1.807, 2.05) is 82.8 Å². The van der Waals surface area contributed by atoms with Gasteiger partial charge in [0, 0.05) is 81.0 Å². The summed E-state index contributed by atoms with van der Waals surface area (Å²) in [4.78, 5) is 40.6. The summed E-state index contributed by atoms with van der Waals surface area (Å²) >= 11 is 0. The Morgan fingerprint density at radius 1 is 0.704 bits per heavy atom. The van der Waals surface area contributed by atoms with Gasteiger partial charge in [-0.05, 0) is 79.4 Å². The Kier molecular flexibility index (Phi) is 14.6. The molecule has 0 atom stereocenters. The zero-order valence-corrected chi connectivity index (χ0v) is 33.4. The molecule has 0 N–H and O–H groups in total. The van der Waals surface area contributed by atoms with Crippen molar-refractivity contribution in [1.82, 2.24) is 29.3 Å². The summed E-state index contributed by atoms with van der Waals surface area (Å²) in [5.41, 5.74) is -0.168. The second-order valence-electron chi connectivity index (χ2n) is 15.4. The van der Waals surface area contributed by atoms with Crippen molar-refractivity contribution in [2.24, 2.45) is 0 Å². The quantitative estimate of drug-likeness (QED) is 0.177. The van der Waals surface area contributed by atoms with Gasteiger partial charge in [-0.2, -0.15) is 8.42 Å². The minimum absolute atomic E-state index is 0.0589. The molecule has 3 aromatic rings. The summed E-state index contributed by atoms with van der Waals surface area (Å²) in [5, 5.41) is 0. The normalized spacial score (nSPS) is 17.2. The Balaban J connectivity index is 0.000000241. The Labute approximate surface area is 319 Å². The van der Waals surface area contributed by atoms with Crippen molar-refractivity contribution in [2.75, 3.05) is 52.3 Å². The van der Waals surface area contributed by atoms with E-state index < -0.39 is 32.5 Å². The molecule has 0 radical (unpaired) electrons. The monoisotopic (exact) mass is 772 g/mol. The first-order valence-electron chi connectivity index (χ1n) is 18.2. The van der Waals surface area contributed by atoms with Gasteiger partial charge in [-0.3, -0.25) is 14.2 Å². The lowest BCUT2D eigenvalue weighted by Crippen LogP contribution is -2.48. The van der Waals surface area contributed by atoms with Crippen LogP contribution in [0.5, 0.6) is 0 Å². The fourth-order valence-corrected chi connectivity index (χ4v) is 6.61. The van der Waals surface area contributed by atoms with E-state index in [4.69, 9.17) is 23.1 Å². The Bertz CT molecular complexity index is 1700. The molecule has 3 aromatic heterocycles. The molecule has 54 heavy (non-hydrogen) atoms. The van der Waals surface area contributed by atoms with Crippen LogP contribution in [-0.4, -0.2) is 113 Å². The van der Waals surface area contributed by atoms with Gasteiger partial charge in [0.25, 0.3) is 10.1 Å². The number of ether oxygens (including phenoxy) is 4. The van der Waals surface area contributed by atoms with Gasteiger partial charge in [0.2, 0.25) is 0 Å². The van der Waals surface area contributed by atoms with Gasteiger partial charge >= 0.3 is 12.2 Å². The maximum absolute atomic E-state index is 12.4. The standard InChI is InChI=1S/C20H28N4O3.C18H28N2O6S/c1-19(2,3)27-18(25)24-10-6-20(7-11-24,17-5-4-8-21-15-17)26-14-13-23-12-9-22-16-23;1-17(2,3)26-16(21)20-10-7-18(8-11-20,15-6-5-9-19-14-15)24-12-13-25-27(4,22)23/h4-5,8-9,12,15-16H,6-7,10-11,13-14H2,1-3H3;5-6,9,14H,7-8,10-13H2,1-4H3. The van der Waals surface area contributed by atoms with Crippen molar-refractivity contribution >= 4 is 22.3 Å². The number of nitrogens with zero attached hydrogens (tertiary/aromatic N) is 6. The average molecular weight is 773 g/mol. The van der Waals surface area contributed by atoms with Crippen molar-refractivity contribution in [3.05, 3.63) is 78.9 Å². The highest BCUT2D eigenvalue weighted by Crippen LogP contribution is 2.38. The fourth-order valence-electron chi connectivity index (χ4n) is 6.24. The van der Waals surface area contributed by atoms with Gasteiger partial charge in [0.1, 0.15) is 11.2 Å². The maximum Gasteiger partial charge on any atom is 0.410 e. The summed E-state index contributed by atoms with van der Waals surface area (Å²) in [6, 6.07) is 7.73. The first-order valence-corrected chi connectivity index (χ1v) is 20.1. The molecule has 0 aromatic carbocycles. The number of aromatic nitrogens is 4. The molecule has 298 valence electrons. The molecule has 2 amide bonds. The molecule has 2 fully saturated rings. The Hall–Kier alpha value is -4.12. The summed E-state index contributed by atoms with van der Waals surface area (Å²) in [6.07, 6.45) is 15.4. The third-order valence-electron chi connectivity index (χ3n) is 8.87. The number of likely N-dealkylation sites (tertiary alicyclic amines) is 2. The van der Waals surface area contributed by atoms with Crippen molar-refractivity contribution < 1.29 is 41.1 Å². The molecule has 2 saturated heterocycles. The van der Waals surface area contributed by atoms with E-state index in [0.29, 0.717) is 58.5 Å². The topological polar surface area (TPSA) is 165 Å². The van der Waals surface area contributed by atoms with Gasteiger partial charge in [0.05, 0.1) is 43.6 Å². The molecule has 5 heterocycles. The minimum atomic E-state index is -3.51. The Morgan fingerprint density at radius 2 is 1.17 bits per heavy atom. The van der Waals surface area contributed by atoms with Crippen LogP contribution < -0.4 is 0 Å². The van der Waals surface area contributed by atoms with Crippen molar-refractivity contribution in [3.8, 4) is 0 Å². The number of imidazole rings is 1. The van der Waals surface area contributed by atoms with E-state index in [2.05, 4.69) is 15.0 Å². The summed E-state index contributed by atoms with van der Waals surface area (Å²) in [6.45, 7) is 14.6. The van der Waals surface area contributed by atoms with Gasteiger partial charge in [-0.1, -0.05) is 12.1 Å². The molecule has 0 spiro atoms. The lowest BCUT2D eigenvalue weighted by atomic mass is 9.85. The Morgan fingerprint density at radius 3 is 1.54 bits per heavy atom. The number of rotatable bonds is 11. The number of hydrogen-bond donors (Lipinski definition) is 0. The molecule has 0 bridgehead atoms. The van der Waals surface area contributed by atoms with Crippen LogP contribution in [0.3, 0.4) is 0 Å². The summed E-state index contributed by atoms with van der Waals surface area (Å²) in [5.74, 6) is 0. The maximum atomic E-state index is 12.4. The number of hydrogen-bond acceptors (Lipinski definition) is 12. The number of amides is 2. The highest BCUT2D eigenvalue weighted by molar-refractivity contribution is 7.85. The fraction of sp³-hybridized carbons (Fsp3) is 0.605. The molecule has 2 aliphatic rings. The summed E-state index contributed by atoms with van der Waals surface area (Å²) < 4.78 is 52.4. The van der Waals surface area contributed by atoms with Crippen LogP contribution in [0.4, 0.5) is 9.59 Å². The van der Waals surface area contributed by atoms with E-state index in [1.54, 1.807) is 40.9 Å². The second kappa shape index (κ2) is 18.5. The zero-order valence-electron chi connectivity index (χ0n) is 32.6. The average Bonchev–Trinajstić information content (AvgIpc) is 3.63. The van der Waals surface area contributed by atoms with E-state index in [-0.39, 0.29) is 25.4 Å². The molecule has 5 rings (SSSR count). The molecule has 0 saturated carbocycles. The van der Waals surface area contributed by atoms with E-state index in [1.165, 1.54) is 0 Å². The molecule has 16 heteroatoms. The van der Waals surface area contributed by atoms with E-state index >= 15 is 0 Å². The van der Waals surface area contributed by atoms with Gasteiger partial charge in [0.15, 0.2) is 0 Å². The number of piperidine rings is 2. The SMILES string of the molecule is CC(C)(C)OC(=O)N1CCC(OCCOS(C)(=O)=O)(c2cccnc2)CC1.CC(C)(C)OC(=O)N1CCC(OCCn2ccnc2)(c2cccnc2)CC1. The molecule has 2 aliphatic heterocycles. The minimum Gasteiger partial charge on any atom is -0.444 e. The first kappa shape index (κ1) is 42.6. The van der Waals surface area contributed by atoms with Crippen molar-refractivity contribution in [2.45, 2.75) is 96.2 Å². The van der Waals surface area contributed by atoms with Gasteiger partial charge < -0.3 is 33.3 Å². The molecule has 0 aliphatic carbocycles. The predicted octanol–water partition coefficient (Wildman–Crippen LogP) is 5.52. The van der Waals surface area contributed by atoms with Crippen LogP contribution in [0.15, 0.2) is 67.8 Å². The smallest absolute Gasteiger partial charge is 0.410 e. The van der Waals surface area contributed by atoms with Gasteiger partial charge in [-0.25, -0.2) is 14.6 Å². The number of carbonyl (C=O) groups is 2. The number of carbonyl (C=O) groups excluding carboxylic acids is 2. The molecular formula is C38H56N6O9S. The van der Waals surface area contributed by atoms with Gasteiger partial charge in [-0.15, -0.1) is 0 Å². The largest absolute Gasteiger partial charge is 0.444 e. The first-order chi connectivity index (χ1) is 25.4. The molecule has 15 nitrogen and oxygen atoms in total. The molecule has 0 unspecified atom stereocenters. The van der Waals surface area contributed by atoms with E-state index in [9.17, 15) is 18.0 Å². The lowest BCUT2D eigenvalue weighted by molar-refractivity contribution is -0.0963. The van der Waals surface area contributed by atoms with Crippen LogP contribution in [-0.2, 0) is 51.0 Å². The van der Waals surface area contributed by atoms with Crippen LogP contribution in [0.2, 0.25) is 0 Å². The number of pyridine rings is 2. The predicted molar refractivity (Wildman–Crippen MR) is 201 cm³/mol. The lowest BCUT2D eigenvalue weighted by Gasteiger charge is -2.42. The summed E-state index contributed by atoms with van der Waals surface area (Å²) in [7, 11) is -3.51. The van der Waals surface area contributed by atoms with Crippen molar-refractivity contribution in [3.63, 3.8) is 0 Å². The van der Waals surface area contributed by atoms with Crippen LogP contribution in [0.1, 0.15) is 78.4 Å². The highest BCUT2D eigenvalue weighted by atomic mass is 32.2. The third-order valence-corrected chi connectivity index (χ3v) is 9.46. The second-order valence-corrected chi connectivity index (χ2v) is 17.1. The van der Waals surface area contributed by atoms with E-state index in [0.717, 1.165) is 23.9 Å². The van der Waals surface area contributed by atoms with Crippen LogP contribution in [0, 0.1) is 0 Å². The molecular weight excluding hydrogens is 717 g/mol. The van der Waals surface area contributed by atoms with Crippen LogP contribution >= 0.6 is 0 Å². The third kappa shape index (κ3) is 13.3. The van der Waals surface area contributed by atoms with Crippen LogP contribution in [0.25, 0.3) is 0 Å².